The van der Waals surface area contributed by atoms with E-state index in [4.69, 9.17) is 0 Å². The average molecular weight is 565 g/mol. The molecule has 1 aliphatic rings. The summed E-state index contributed by atoms with van der Waals surface area (Å²) in [6, 6.07) is 22.1. The fourth-order valence-electron chi connectivity index (χ4n) is 6.32. The highest BCUT2D eigenvalue weighted by Crippen LogP contribution is 2.33. The molecule has 4 N–H and O–H groups in total. The molecule has 6 nitrogen and oxygen atoms in total. The molecule has 4 aromatic rings. The zero-order valence-electron chi connectivity index (χ0n) is 25.5. The molecule has 2 atom stereocenters. The molecule has 0 fully saturated rings. The van der Waals surface area contributed by atoms with Crippen molar-refractivity contribution in [1.82, 2.24) is 15.6 Å². The van der Waals surface area contributed by atoms with Gasteiger partial charge in [0.1, 0.15) is 5.54 Å². The lowest BCUT2D eigenvalue weighted by atomic mass is 9.90. The molecule has 0 saturated carbocycles. The molecule has 1 aromatic heterocycles. The minimum Gasteiger partial charge on any atom is -0.361 e. The van der Waals surface area contributed by atoms with Crippen LogP contribution in [0, 0.1) is 0 Å². The molecule has 0 aliphatic heterocycles. The van der Waals surface area contributed by atoms with Gasteiger partial charge >= 0.3 is 6.03 Å². The molecule has 5 rings (SSSR count). The van der Waals surface area contributed by atoms with Crippen LogP contribution in [0.25, 0.3) is 10.9 Å². The number of carbonyl (C=O) groups excluding carboxylic acids is 2. The van der Waals surface area contributed by atoms with Gasteiger partial charge in [0.15, 0.2) is 0 Å². The van der Waals surface area contributed by atoms with Crippen molar-refractivity contribution in [2.24, 2.45) is 0 Å². The molecule has 3 amide bonds. The lowest BCUT2D eigenvalue weighted by molar-refractivity contribution is -0.127. The van der Waals surface area contributed by atoms with Crippen molar-refractivity contribution >= 4 is 28.5 Å². The third-order valence-corrected chi connectivity index (χ3v) is 8.65. The van der Waals surface area contributed by atoms with Crippen LogP contribution in [0.2, 0.25) is 0 Å². The van der Waals surface area contributed by atoms with Crippen LogP contribution in [0.1, 0.15) is 99.6 Å². The number of benzene rings is 3. The number of aryl methyl sites for hydroxylation is 1. The standard InChI is InChI=1S/C36H44N4O2/c1-23(2)27-17-12-18-28(24(3)4)33(27)39-35(42)40-36(5,21-26-22-37-31-19-11-9-16-30(26)31)34(41)38-32-20-10-7-14-25-13-6-8-15-29(25)32/h6,8-9,11-13,15-19,22-24,32,37H,7,10,14,20-21H2,1-5H3,(H,38,41)(H2,39,40,42). The highest BCUT2D eigenvalue weighted by Gasteiger charge is 2.38. The van der Waals surface area contributed by atoms with Crippen molar-refractivity contribution in [2.75, 3.05) is 5.32 Å². The molecule has 1 aliphatic carbocycles. The molecular formula is C36H44N4O2. The van der Waals surface area contributed by atoms with Crippen molar-refractivity contribution in [2.45, 2.75) is 90.1 Å². The lowest BCUT2D eigenvalue weighted by Crippen LogP contribution is -2.59. The van der Waals surface area contributed by atoms with Crippen molar-refractivity contribution in [1.29, 1.82) is 0 Å². The number of carbonyl (C=O) groups is 2. The number of rotatable bonds is 8. The lowest BCUT2D eigenvalue weighted by Gasteiger charge is -2.32. The van der Waals surface area contributed by atoms with E-state index in [-0.39, 0.29) is 29.8 Å². The van der Waals surface area contributed by atoms with E-state index in [1.54, 1.807) is 0 Å². The van der Waals surface area contributed by atoms with Crippen LogP contribution in [0.4, 0.5) is 10.5 Å². The molecule has 1 heterocycles. The quantitative estimate of drug-likeness (QED) is 0.163. The number of urea groups is 1. The fraction of sp³-hybridized carbons (Fsp3) is 0.389. The molecule has 6 heteroatoms. The van der Waals surface area contributed by atoms with E-state index in [1.807, 2.05) is 43.5 Å². The highest BCUT2D eigenvalue weighted by molar-refractivity contribution is 5.97. The van der Waals surface area contributed by atoms with Gasteiger partial charge in [-0.05, 0) is 71.9 Å². The Hall–Kier alpha value is -4.06. The van der Waals surface area contributed by atoms with E-state index in [0.717, 1.165) is 59.0 Å². The van der Waals surface area contributed by atoms with E-state index in [0.29, 0.717) is 6.42 Å². The third-order valence-electron chi connectivity index (χ3n) is 8.65. The number of fused-ring (bicyclic) bond motifs is 2. The maximum absolute atomic E-state index is 14.3. The number of H-pyrrole nitrogens is 1. The first-order valence-corrected chi connectivity index (χ1v) is 15.3. The number of anilines is 1. The zero-order valence-corrected chi connectivity index (χ0v) is 25.5. The van der Waals surface area contributed by atoms with Gasteiger partial charge in [0.05, 0.1) is 6.04 Å². The second-order valence-electron chi connectivity index (χ2n) is 12.5. The summed E-state index contributed by atoms with van der Waals surface area (Å²) in [5.74, 6) is 0.274. The Morgan fingerprint density at radius 3 is 2.33 bits per heavy atom. The maximum atomic E-state index is 14.3. The molecule has 42 heavy (non-hydrogen) atoms. The van der Waals surface area contributed by atoms with E-state index >= 15 is 0 Å². The van der Waals surface area contributed by atoms with Gasteiger partial charge in [-0.15, -0.1) is 0 Å². The predicted octanol–water partition coefficient (Wildman–Crippen LogP) is 8.12. The number of para-hydroxylation sites is 2. The average Bonchev–Trinajstić information content (AvgIpc) is 3.25. The first-order chi connectivity index (χ1) is 20.2. The van der Waals surface area contributed by atoms with Crippen molar-refractivity contribution < 1.29 is 9.59 Å². The second kappa shape index (κ2) is 12.4. The van der Waals surface area contributed by atoms with E-state index in [1.165, 1.54) is 11.1 Å². The van der Waals surface area contributed by atoms with Crippen LogP contribution in [-0.4, -0.2) is 22.5 Å². The molecule has 0 saturated heterocycles. The second-order valence-corrected chi connectivity index (χ2v) is 12.5. The maximum Gasteiger partial charge on any atom is 0.320 e. The summed E-state index contributed by atoms with van der Waals surface area (Å²) in [6.07, 6.45) is 6.32. The van der Waals surface area contributed by atoms with E-state index in [9.17, 15) is 9.59 Å². The summed E-state index contributed by atoms with van der Waals surface area (Å²) in [7, 11) is 0. The summed E-state index contributed by atoms with van der Waals surface area (Å²) >= 11 is 0. The smallest absolute Gasteiger partial charge is 0.320 e. The van der Waals surface area contributed by atoms with Crippen molar-refractivity contribution in [3.8, 4) is 0 Å². The molecule has 0 radical (unpaired) electrons. The third kappa shape index (κ3) is 6.23. The van der Waals surface area contributed by atoms with Gasteiger partial charge in [-0.1, -0.05) is 94.8 Å². The molecular weight excluding hydrogens is 520 g/mol. The van der Waals surface area contributed by atoms with E-state index < -0.39 is 5.54 Å². The molecule has 220 valence electrons. The summed E-state index contributed by atoms with van der Waals surface area (Å²) in [4.78, 5) is 31.4. The topological polar surface area (TPSA) is 86.0 Å². The Balaban J connectivity index is 1.47. The Morgan fingerprint density at radius 1 is 0.905 bits per heavy atom. The van der Waals surface area contributed by atoms with Crippen molar-refractivity contribution in [3.63, 3.8) is 0 Å². The first kappa shape index (κ1) is 29.4. The number of aromatic nitrogens is 1. The van der Waals surface area contributed by atoms with Gasteiger partial charge < -0.3 is 20.9 Å². The molecule has 0 spiro atoms. The Morgan fingerprint density at radius 2 is 1.60 bits per heavy atom. The number of aromatic amines is 1. The Kier molecular flexibility index (Phi) is 8.72. The van der Waals surface area contributed by atoms with Crippen LogP contribution in [0.3, 0.4) is 0 Å². The van der Waals surface area contributed by atoms with Crippen molar-refractivity contribution in [3.05, 3.63) is 101 Å². The van der Waals surface area contributed by atoms with Gasteiger partial charge in [0.25, 0.3) is 0 Å². The van der Waals surface area contributed by atoms with Gasteiger partial charge in [-0.3, -0.25) is 4.79 Å². The van der Waals surface area contributed by atoms with Crippen LogP contribution in [0.15, 0.2) is 72.9 Å². The van der Waals surface area contributed by atoms with Crippen LogP contribution in [0.5, 0.6) is 0 Å². The van der Waals surface area contributed by atoms with E-state index in [2.05, 4.69) is 85.0 Å². The summed E-state index contributed by atoms with van der Waals surface area (Å²) in [6.45, 7) is 10.3. The predicted molar refractivity (Wildman–Crippen MR) is 172 cm³/mol. The van der Waals surface area contributed by atoms with Crippen LogP contribution in [-0.2, 0) is 17.6 Å². The SMILES string of the molecule is CC(C)c1cccc(C(C)C)c1NC(=O)NC(C)(Cc1c[nH]c2ccccc12)C(=O)NC1CCCCc2ccccc21. The normalized spacial score (nSPS) is 16.5. The minimum atomic E-state index is -1.21. The minimum absolute atomic E-state index is 0.0995. The van der Waals surface area contributed by atoms with Crippen LogP contribution < -0.4 is 16.0 Å². The van der Waals surface area contributed by atoms with Gasteiger partial charge in [0, 0.05) is 29.2 Å². The Bertz CT molecular complexity index is 1540. The molecule has 2 unspecified atom stereocenters. The summed E-state index contributed by atoms with van der Waals surface area (Å²) in [5.41, 5.74) is 6.22. The first-order valence-electron chi connectivity index (χ1n) is 15.3. The number of hydrogen-bond acceptors (Lipinski definition) is 2. The van der Waals surface area contributed by atoms with Gasteiger partial charge in [-0.2, -0.15) is 0 Å². The highest BCUT2D eigenvalue weighted by atomic mass is 16.2. The summed E-state index contributed by atoms with van der Waals surface area (Å²) < 4.78 is 0. The molecule has 0 bridgehead atoms. The number of amides is 3. The molecule has 3 aromatic carbocycles. The fourth-order valence-corrected chi connectivity index (χ4v) is 6.32. The zero-order chi connectivity index (χ0) is 29.9. The largest absolute Gasteiger partial charge is 0.361 e. The summed E-state index contributed by atoms with van der Waals surface area (Å²) in [5, 5.41) is 10.7. The number of nitrogens with one attached hydrogen (secondary N) is 4. The van der Waals surface area contributed by atoms with Gasteiger partial charge in [-0.25, -0.2) is 4.79 Å². The Labute approximate surface area is 249 Å². The number of hydrogen-bond donors (Lipinski definition) is 4. The van der Waals surface area contributed by atoms with Gasteiger partial charge in [0.2, 0.25) is 5.91 Å². The van der Waals surface area contributed by atoms with Crippen LogP contribution >= 0.6 is 0 Å². The monoisotopic (exact) mass is 564 g/mol.